The number of fused-ring (bicyclic) bond motifs is 1. The molecule has 2 rings (SSSR count). The Hall–Kier alpha value is -1.46. The van der Waals surface area contributed by atoms with Crippen LogP contribution in [0.5, 0.6) is 11.5 Å². The SMILES string of the molecule is CCCC(N)C(=O)NC(c1ccc2c(c1)OCCO2)C(C)C.Cl. The lowest BCUT2D eigenvalue weighted by Crippen LogP contribution is -2.43. The maximum atomic E-state index is 12.2. The molecular weight excluding hydrogens is 316 g/mol. The monoisotopic (exact) mass is 342 g/mol. The van der Waals surface area contributed by atoms with E-state index in [2.05, 4.69) is 19.2 Å². The predicted molar refractivity (Wildman–Crippen MR) is 93.3 cm³/mol. The average Bonchev–Trinajstić information content (AvgIpc) is 2.51. The first-order chi connectivity index (χ1) is 10.5. The summed E-state index contributed by atoms with van der Waals surface area (Å²) >= 11 is 0. The summed E-state index contributed by atoms with van der Waals surface area (Å²) in [6.07, 6.45) is 1.59. The molecule has 2 unspecified atom stereocenters. The molecule has 130 valence electrons. The molecule has 0 fully saturated rings. The molecule has 1 aromatic carbocycles. The van der Waals surface area contributed by atoms with Gasteiger partial charge in [-0.3, -0.25) is 4.79 Å². The highest BCUT2D eigenvalue weighted by Crippen LogP contribution is 2.34. The third kappa shape index (κ3) is 5.01. The number of carbonyl (C=O) groups excluding carboxylic acids is 1. The number of hydrogen-bond donors (Lipinski definition) is 2. The summed E-state index contributed by atoms with van der Waals surface area (Å²) in [5, 5.41) is 3.06. The standard InChI is InChI=1S/C17H26N2O3.ClH/c1-4-5-13(18)17(20)19-16(11(2)3)12-6-7-14-15(10-12)22-9-8-21-14;/h6-7,10-11,13,16H,4-5,8-9,18H2,1-3H3,(H,19,20);1H. The van der Waals surface area contributed by atoms with Gasteiger partial charge in [-0.15, -0.1) is 12.4 Å². The van der Waals surface area contributed by atoms with E-state index in [0.29, 0.717) is 19.6 Å². The lowest BCUT2D eigenvalue weighted by Gasteiger charge is -2.26. The van der Waals surface area contributed by atoms with Gasteiger partial charge in [-0.1, -0.05) is 33.3 Å². The summed E-state index contributed by atoms with van der Waals surface area (Å²) in [5.41, 5.74) is 6.92. The van der Waals surface area contributed by atoms with Gasteiger partial charge < -0.3 is 20.5 Å². The number of nitrogens with one attached hydrogen (secondary N) is 1. The molecule has 3 N–H and O–H groups in total. The van der Waals surface area contributed by atoms with Crippen LogP contribution in [0.4, 0.5) is 0 Å². The molecule has 1 aliphatic heterocycles. The van der Waals surface area contributed by atoms with Crippen LogP contribution in [0.15, 0.2) is 18.2 Å². The molecule has 0 aliphatic carbocycles. The zero-order valence-corrected chi connectivity index (χ0v) is 14.8. The maximum Gasteiger partial charge on any atom is 0.237 e. The normalized spacial score (nSPS) is 15.5. The summed E-state index contributed by atoms with van der Waals surface area (Å²) < 4.78 is 11.2. The molecule has 1 heterocycles. The van der Waals surface area contributed by atoms with Crippen molar-refractivity contribution in [1.29, 1.82) is 0 Å². The van der Waals surface area contributed by atoms with Crippen molar-refractivity contribution in [3.8, 4) is 11.5 Å². The summed E-state index contributed by atoms with van der Waals surface area (Å²) in [4.78, 5) is 12.2. The van der Waals surface area contributed by atoms with Crippen LogP contribution in [0.3, 0.4) is 0 Å². The van der Waals surface area contributed by atoms with E-state index in [-0.39, 0.29) is 30.3 Å². The van der Waals surface area contributed by atoms with E-state index >= 15 is 0 Å². The second kappa shape index (κ2) is 8.99. The van der Waals surface area contributed by atoms with Crippen molar-refractivity contribution in [2.75, 3.05) is 13.2 Å². The second-order valence-electron chi connectivity index (χ2n) is 6.03. The van der Waals surface area contributed by atoms with Crippen molar-refractivity contribution in [2.45, 2.75) is 45.7 Å². The van der Waals surface area contributed by atoms with Crippen molar-refractivity contribution >= 4 is 18.3 Å². The number of hydrogen-bond acceptors (Lipinski definition) is 4. The first-order valence-corrected chi connectivity index (χ1v) is 7.98. The van der Waals surface area contributed by atoms with E-state index in [1.807, 2.05) is 25.1 Å². The second-order valence-corrected chi connectivity index (χ2v) is 6.03. The lowest BCUT2D eigenvalue weighted by molar-refractivity contribution is -0.123. The molecule has 23 heavy (non-hydrogen) atoms. The van der Waals surface area contributed by atoms with E-state index in [0.717, 1.165) is 23.5 Å². The van der Waals surface area contributed by atoms with Crippen molar-refractivity contribution in [3.05, 3.63) is 23.8 Å². The fourth-order valence-electron chi connectivity index (χ4n) is 2.59. The van der Waals surface area contributed by atoms with Crippen LogP contribution in [0.2, 0.25) is 0 Å². The molecule has 0 saturated heterocycles. The molecule has 0 spiro atoms. The van der Waals surface area contributed by atoms with Gasteiger partial charge in [-0.2, -0.15) is 0 Å². The molecule has 0 bridgehead atoms. The van der Waals surface area contributed by atoms with Crippen molar-refractivity contribution < 1.29 is 14.3 Å². The van der Waals surface area contributed by atoms with Crippen molar-refractivity contribution in [1.82, 2.24) is 5.32 Å². The summed E-state index contributed by atoms with van der Waals surface area (Å²) in [6.45, 7) is 7.30. The number of carbonyl (C=O) groups is 1. The molecule has 1 aromatic rings. The quantitative estimate of drug-likeness (QED) is 0.833. The van der Waals surface area contributed by atoms with E-state index in [4.69, 9.17) is 15.2 Å². The molecule has 0 radical (unpaired) electrons. The molecule has 0 saturated carbocycles. The van der Waals surface area contributed by atoms with Gasteiger partial charge in [0.15, 0.2) is 11.5 Å². The molecular formula is C17H27ClN2O3. The van der Waals surface area contributed by atoms with Gasteiger partial charge >= 0.3 is 0 Å². The van der Waals surface area contributed by atoms with Crippen LogP contribution in [0, 0.1) is 5.92 Å². The Balaban J connectivity index is 0.00000264. The Kier molecular flexibility index (Phi) is 7.65. The predicted octanol–water partition coefficient (Wildman–Crippen LogP) is 2.82. The van der Waals surface area contributed by atoms with Gasteiger partial charge in [-0.05, 0) is 30.0 Å². The topological polar surface area (TPSA) is 73.6 Å². The molecule has 1 aliphatic rings. The fourth-order valence-corrected chi connectivity index (χ4v) is 2.59. The van der Waals surface area contributed by atoms with Crippen LogP contribution in [-0.4, -0.2) is 25.2 Å². The minimum absolute atomic E-state index is 0. The van der Waals surface area contributed by atoms with Gasteiger partial charge in [0.2, 0.25) is 5.91 Å². The summed E-state index contributed by atoms with van der Waals surface area (Å²) in [7, 11) is 0. The van der Waals surface area contributed by atoms with E-state index in [1.54, 1.807) is 0 Å². The third-order valence-electron chi connectivity index (χ3n) is 3.83. The Bertz CT molecular complexity index is 523. The van der Waals surface area contributed by atoms with Gasteiger partial charge in [-0.25, -0.2) is 0 Å². The maximum absolute atomic E-state index is 12.2. The van der Waals surface area contributed by atoms with E-state index in [9.17, 15) is 4.79 Å². The van der Waals surface area contributed by atoms with E-state index in [1.165, 1.54) is 0 Å². The highest BCUT2D eigenvalue weighted by Gasteiger charge is 2.23. The number of benzene rings is 1. The molecule has 6 heteroatoms. The van der Waals surface area contributed by atoms with Crippen LogP contribution in [-0.2, 0) is 4.79 Å². The molecule has 0 aromatic heterocycles. The zero-order valence-electron chi connectivity index (χ0n) is 14.0. The van der Waals surface area contributed by atoms with Crippen LogP contribution in [0.1, 0.15) is 45.2 Å². The van der Waals surface area contributed by atoms with Crippen molar-refractivity contribution in [3.63, 3.8) is 0 Å². The van der Waals surface area contributed by atoms with Crippen LogP contribution >= 0.6 is 12.4 Å². The summed E-state index contributed by atoms with van der Waals surface area (Å²) in [5.74, 6) is 1.64. The Labute approximate surface area is 144 Å². The number of ether oxygens (including phenoxy) is 2. The van der Waals surface area contributed by atoms with Crippen LogP contribution < -0.4 is 20.5 Å². The first-order valence-electron chi connectivity index (χ1n) is 7.98. The first kappa shape index (κ1) is 19.6. The van der Waals surface area contributed by atoms with Crippen LogP contribution in [0.25, 0.3) is 0 Å². The zero-order chi connectivity index (χ0) is 16.1. The molecule has 5 nitrogen and oxygen atoms in total. The highest BCUT2D eigenvalue weighted by molar-refractivity contribution is 5.85. The minimum Gasteiger partial charge on any atom is -0.486 e. The smallest absolute Gasteiger partial charge is 0.237 e. The van der Waals surface area contributed by atoms with Gasteiger partial charge in [0.25, 0.3) is 0 Å². The lowest BCUT2D eigenvalue weighted by atomic mass is 9.95. The Morgan fingerprint density at radius 2 is 1.91 bits per heavy atom. The molecule has 1 amide bonds. The van der Waals surface area contributed by atoms with Gasteiger partial charge in [0.05, 0.1) is 12.1 Å². The van der Waals surface area contributed by atoms with Crippen molar-refractivity contribution in [2.24, 2.45) is 11.7 Å². The van der Waals surface area contributed by atoms with Gasteiger partial charge in [0.1, 0.15) is 13.2 Å². The Morgan fingerprint density at radius 3 is 2.52 bits per heavy atom. The van der Waals surface area contributed by atoms with Gasteiger partial charge in [0, 0.05) is 0 Å². The number of halogens is 1. The third-order valence-corrected chi connectivity index (χ3v) is 3.83. The highest BCUT2D eigenvalue weighted by atomic mass is 35.5. The molecule has 2 atom stereocenters. The number of rotatable bonds is 6. The fraction of sp³-hybridized carbons (Fsp3) is 0.588. The minimum atomic E-state index is -0.455. The summed E-state index contributed by atoms with van der Waals surface area (Å²) in [6, 6.07) is 5.28. The Morgan fingerprint density at radius 1 is 1.26 bits per heavy atom. The van der Waals surface area contributed by atoms with E-state index < -0.39 is 6.04 Å². The number of nitrogens with two attached hydrogens (primary N) is 1. The number of amides is 1. The average molecular weight is 343 g/mol. The largest absolute Gasteiger partial charge is 0.486 e.